The average molecular weight is 310 g/mol. The molecule has 0 bridgehead atoms. The van der Waals surface area contributed by atoms with E-state index < -0.39 is 0 Å². The van der Waals surface area contributed by atoms with E-state index in [1.807, 2.05) is 18.2 Å². The Hall–Kier alpha value is -0.770. The average Bonchev–Trinajstić information content (AvgIpc) is 2.92. The topological polar surface area (TPSA) is 25.2 Å². The van der Waals surface area contributed by atoms with E-state index in [0.717, 1.165) is 22.4 Å². The van der Waals surface area contributed by atoms with Crippen molar-refractivity contribution >= 4 is 22.9 Å². The van der Waals surface area contributed by atoms with E-state index in [0.29, 0.717) is 6.04 Å². The molecule has 4 heteroatoms. The molecule has 2 unspecified atom stereocenters. The number of hydrogen-bond acceptors (Lipinski definition) is 3. The molecule has 108 valence electrons. The smallest absolute Gasteiger partial charge is 0.126 e. The standard InChI is InChI=1S/C16H20ClNOS/c1-2-12(10-11-5-6-11)18-16(13-4-3-9-19-13)14-7-8-15(17)20-14/h3-4,7-9,11-12,16,18H,2,5-6,10H2,1H3. The van der Waals surface area contributed by atoms with E-state index in [1.54, 1.807) is 17.6 Å². The second-order valence-corrected chi connectivity index (χ2v) is 7.29. The Morgan fingerprint density at radius 1 is 1.40 bits per heavy atom. The summed E-state index contributed by atoms with van der Waals surface area (Å²) in [5.41, 5.74) is 0. The molecule has 2 aromatic rings. The number of furan rings is 1. The molecule has 0 saturated heterocycles. The first-order valence-electron chi connectivity index (χ1n) is 7.31. The van der Waals surface area contributed by atoms with Gasteiger partial charge in [-0.1, -0.05) is 31.4 Å². The zero-order chi connectivity index (χ0) is 13.9. The largest absolute Gasteiger partial charge is 0.467 e. The highest BCUT2D eigenvalue weighted by Gasteiger charge is 2.28. The summed E-state index contributed by atoms with van der Waals surface area (Å²) < 4.78 is 6.45. The lowest BCUT2D eigenvalue weighted by molar-refractivity contribution is 0.377. The van der Waals surface area contributed by atoms with Gasteiger partial charge in [0.05, 0.1) is 10.6 Å². The molecule has 1 aliphatic carbocycles. The van der Waals surface area contributed by atoms with E-state index in [9.17, 15) is 0 Å². The summed E-state index contributed by atoms with van der Waals surface area (Å²) in [4.78, 5) is 1.22. The van der Waals surface area contributed by atoms with Crippen LogP contribution >= 0.6 is 22.9 Å². The first-order valence-corrected chi connectivity index (χ1v) is 8.50. The van der Waals surface area contributed by atoms with E-state index in [1.165, 1.54) is 24.1 Å². The predicted octanol–water partition coefficient (Wildman–Crippen LogP) is 5.25. The van der Waals surface area contributed by atoms with Gasteiger partial charge in [-0.2, -0.15) is 0 Å². The third-order valence-corrected chi connectivity index (χ3v) is 5.21. The van der Waals surface area contributed by atoms with Gasteiger partial charge in [0.1, 0.15) is 11.8 Å². The van der Waals surface area contributed by atoms with Crippen LogP contribution in [0.2, 0.25) is 4.34 Å². The molecular weight excluding hydrogens is 290 g/mol. The van der Waals surface area contributed by atoms with Crippen LogP contribution < -0.4 is 5.32 Å². The monoisotopic (exact) mass is 309 g/mol. The zero-order valence-electron chi connectivity index (χ0n) is 11.6. The Balaban J connectivity index is 1.77. The van der Waals surface area contributed by atoms with Crippen LogP contribution in [0.1, 0.15) is 49.3 Å². The van der Waals surface area contributed by atoms with E-state index in [4.69, 9.17) is 16.0 Å². The molecule has 20 heavy (non-hydrogen) atoms. The van der Waals surface area contributed by atoms with Crippen molar-refractivity contribution in [2.75, 3.05) is 0 Å². The minimum absolute atomic E-state index is 0.117. The number of thiophene rings is 1. The zero-order valence-corrected chi connectivity index (χ0v) is 13.2. The summed E-state index contributed by atoms with van der Waals surface area (Å²) in [6.45, 7) is 2.25. The van der Waals surface area contributed by atoms with Gasteiger partial charge in [-0.15, -0.1) is 11.3 Å². The van der Waals surface area contributed by atoms with Crippen molar-refractivity contribution < 1.29 is 4.42 Å². The van der Waals surface area contributed by atoms with Crippen molar-refractivity contribution in [1.29, 1.82) is 0 Å². The fraction of sp³-hybridized carbons (Fsp3) is 0.500. The van der Waals surface area contributed by atoms with E-state index in [-0.39, 0.29) is 6.04 Å². The third kappa shape index (κ3) is 3.46. The Labute approximate surface area is 129 Å². The second kappa shape index (κ2) is 6.33. The summed E-state index contributed by atoms with van der Waals surface area (Å²) in [6.07, 6.45) is 6.95. The predicted molar refractivity (Wildman–Crippen MR) is 84.4 cm³/mol. The van der Waals surface area contributed by atoms with Crippen molar-refractivity contribution in [2.24, 2.45) is 5.92 Å². The van der Waals surface area contributed by atoms with Crippen LogP contribution in [0.4, 0.5) is 0 Å². The number of halogens is 1. The van der Waals surface area contributed by atoms with Gasteiger partial charge < -0.3 is 9.73 Å². The summed E-state index contributed by atoms with van der Waals surface area (Å²) in [7, 11) is 0. The molecule has 1 fully saturated rings. The summed E-state index contributed by atoms with van der Waals surface area (Å²) in [5, 5.41) is 3.77. The second-order valence-electron chi connectivity index (χ2n) is 5.54. The summed E-state index contributed by atoms with van der Waals surface area (Å²) in [5.74, 6) is 1.90. The number of rotatable bonds is 7. The highest BCUT2D eigenvalue weighted by atomic mass is 35.5. The van der Waals surface area contributed by atoms with Gasteiger partial charge in [-0.05, 0) is 43.0 Å². The van der Waals surface area contributed by atoms with Crippen LogP contribution in [0.25, 0.3) is 0 Å². The number of hydrogen-bond donors (Lipinski definition) is 1. The minimum Gasteiger partial charge on any atom is -0.467 e. The molecule has 0 amide bonds. The van der Waals surface area contributed by atoms with Crippen LogP contribution in [-0.4, -0.2) is 6.04 Å². The van der Waals surface area contributed by atoms with Crippen molar-refractivity contribution in [3.63, 3.8) is 0 Å². The van der Waals surface area contributed by atoms with Gasteiger partial charge in [0, 0.05) is 10.9 Å². The van der Waals surface area contributed by atoms with Gasteiger partial charge in [0.15, 0.2) is 0 Å². The summed E-state index contributed by atoms with van der Waals surface area (Å²) >= 11 is 7.71. The molecule has 0 radical (unpaired) electrons. The van der Waals surface area contributed by atoms with Crippen LogP contribution in [-0.2, 0) is 0 Å². The lowest BCUT2D eigenvalue weighted by Gasteiger charge is -2.23. The van der Waals surface area contributed by atoms with Gasteiger partial charge in [-0.3, -0.25) is 0 Å². The molecule has 1 saturated carbocycles. The van der Waals surface area contributed by atoms with Crippen LogP contribution in [0.15, 0.2) is 34.9 Å². The maximum atomic E-state index is 6.09. The Morgan fingerprint density at radius 2 is 2.25 bits per heavy atom. The molecule has 2 atom stereocenters. The minimum atomic E-state index is 0.117. The van der Waals surface area contributed by atoms with Crippen LogP contribution in [0.3, 0.4) is 0 Å². The molecular formula is C16H20ClNOS. The van der Waals surface area contributed by atoms with Crippen LogP contribution in [0, 0.1) is 5.92 Å². The van der Waals surface area contributed by atoms with Crippen molar-refractivity contribution in [2.45, 2.75) is 44.7 Å². The Kier molecular flexibility index (Phi) is 4.49. The quantitative estimate of drug-likeness (QED) is 0.755. The fourth-order valence-electron chi connectivity index (χ4n) is 2.59. The van der Waals surface area contributed by atoms with Gasteiger partial charge in [0.2, 0.25) is 0 Å². The Morgan fingerprint density at radius 3 is 2.80 bits per heavy atom. The fourth-order valence-corrected chi connectivity index (χ4v) is 3.72. The van der Waals surface area contributed by atoms with Gasteiger partial charge >= 0.3 is 0 Å². The maximum absolute atomic E-state index is 6.09. The van der Waals surface area contributed by atoms with Crippen LogP contribution in [0.5, 0.6) is 0 Å². The van der Waals surface area contributed by atoms with Crippen molar-refractivity contribution in [3.8, 4) is 0 Å². The molecule has 0 aliphatic heterocycles. The van der Waals surface area contributed by atoms with Crippen molar-refractivity contribution in [3.05, 3.63) is 45.5 Å². The first-order chi connectivity index (χ1) is 9.76. The molecule has 1 aliphatic rings. The lowest BCUT2D eigenvalue weighted by Crippen LogP contribution is -2.33. The SMILES string of the molecule is CCC(CC1CC1)NC(c1ccco1)c1ccc(Cl)s1. The third-order valence-electron chi connectivity index (χ3n) is 3.92. The molecule has 1 N–H and O–H groups in total. The van der Waals surface area contributed by atoms with E-state index >= 15 is 0 Å². The molecule has 3 rings (SSSR count). The highest BCUT2D eigenvalue weighted by molar-refractivity contribution is 7.16. The van der Waals surface area contributed by atoms with Gasteiger partial charge in [0.25, 0.3) is 0 Å². The number of nitrogens with one attached hydrogen (secondary N) is 1. The molecule has 2 nitrogen and oxygen atoms in total. The molecule has 0 aromatic carbocycles. The molecule has 0 spiro atoms. The molecule has 2 aromatic heterocycles. The Bertz CT molecular complexity index is 532. The van der Waals surface area contributed by atoms with Crippen molar-refractivity contribution in [1.82, 2.24) is 5.32 Å². The van der Waals surface area contributed by atoms with E-state index in [2.05, 4.69) is 18.3 Å². The molecule has 2 heterocycles. The highest BCUT2D eigenvalue weighted by Crippen LogP contribution is 2.36. The summed E-state index contributed by atoms with van der Waals surface area (Å²) in [6, 6.07) is 8.69. The lowest BCUT2D eigenvalue weighted by atomic mass is 10.0. The van der Waals surface area contributed by atoms with Gasteiger partial charge in [-0.25, -0.2) is 0 Å². The normalized spacial score (nSPS) is 18.1. The first kappa shape index (κ1) is 14.2. The maximum Gasteiger partial charge on any atom is 0.126 e.